The fraction of sp³-hybridized carbons (Fsp3) is 0. The van der Waals surface area contributed by atoms with Crippen LogP contribution >= 0.6 is 12.2 Å². The Balaban J connectivity index is 2.02. The second-order valence-electron chi connectivity index (χ2n) is 4.77. The van der Waals surface area contributed by atoms with E-state index in [9.17, 15) is 15.2 Å². The molecule has 1 heterocycles. The molecular weight excluding hydrogens is 330 g/mol. The Morgan fingerprint density at radius 2 is 2.04 bits per heavy atom. The Kier molecular flexibility index (Phi) is 4.17. The van der Waals surface area contributed by atoms with Crippen molar-refractivity contribution in [1.29, 1.82) is 0 Å². The first-order valence-electron chi connectivity index (χ1n) is 6.81. The number of hydrogen-bond donors (Lipinski definition) is 2. The number of H-pyrrole nitrogens is 1. The Hall–Kier alpha value is -3.33. The Labute approximate surface area is 140 Å². The number of non-ortho nitro benzene ring substituents is 1. The van der Waals surface area contributed by atoms with Crippen molar-refractivity contribution >= 4 is 24.1 Å². The van der Waals surface area contributed by atoms with Gasteiger partial charge < -0.3 is 5.11 Å². The van der Waals surface area contributed by atoms with Crippen LogP contribution in [0.3, 0.4) is 0 Å². The van der Waals surface area contributed by atoms with E-state index in [1.54, 1.807) is 0 Å². The van der Waals surface area contributed by atoms with Gasteiger partial charge in [-0.1, -0.05) is 30.3 Å². The van der Waals surface area contributed by atoms with Crippen molar-refractivity contribution in [3.8, 4) is 17.1 Å². The van der Waals surface area contributed by atoms with E-state index in [4.69, 9.17) is 12.2 Å². The normalized spacial score (nSPS) is 11.0. The molecular formula is C15H11N5O3S. The molecule has 0 atom stereocenters. The van der Waals surface area contributed by atoms with Gasteiger partial charge in [0.05, 0.1) is 11.1 Å². The fourth-order valence-corrected chi connectivity index (χ4v) is 2.23. The van der Waals surface area contributed by atoms with Crippen LogP contribution in [-0.2, 0) is 0 Å². The lowest BCUT2D eigenvalue weighted by molar-refractivity contribution is -0.384. The summed E-state index contributed by atoms with van der Waals surface area (Å²) in [7, 11) is 0. The van der Waals surface area contributed by atoms with Crippen molar-refractivity contribution in [2.45, 2.75) is 0 Å². The van der Waals surface area contributed by atoms with Crippen LogP contribution in [0, 0.1) is 14.9 Å². The molecule has 2 aromatic carbocycles. The first-order chi connectivity index (χ1) is 11.6. The van der Waals surface area contributed by atoms with E-state index >= 15 is 0 Å². The maximum Gasteiger partial charge on any atom is 0.270 e. The first-order valence-corrected chi connectivity index (χ1v) is 7.21. The lowest BCUT2D eigenvalue weighted by atomic mass is 10.2. The minimum absolute atomic E-state index is 0.124. The number of aromatic nitrogens is 3. The largest absolute Gasteiger partial charge is 0.507 e. The molecule has 9 heteroatoms. The molecule has 0 spiro atoms. The van der Waals surface area contributed by atoms with Crippen LogP contribution in [0.4, 0.5) is 5.69 Å². The Morgan fingerprint density at radius 3 is 2.75 bits per heavy atom. The quantitative estimate of drug-likeness (QED) is 0.328. The number of nitrogens with zero attached hydrogens (tertiary/aromatic N) is 4. The molecule has 0 aliphatic rings. The average Bonchev–Trinajstić information content (AvgIpc) is 2.95. The van der Waals surface area contributed by atoms with Gasteiger partial charge in [0, 0.05) is 23.3 Å². The molecule has 0 saturated heterocycles. The zero-order chi connectivity index (χ0) is 17.1. The lowest BCUT2D eigenvalue weighted by Crippen LogP contribution is -1.96. The summed E-state index contributed by atoms with van der Waals surface area (Å²) < 4.78 is 1.64. The van der Waals surface area contributed by atoms with Crippen molar-refractivity contribution in [2.75, 3.05) is 0 Å². The Bertz CT molecular complexity index is 978. The number of phenols is 1. The zero-order valence-electron chi connectivity index (χ0n) is 12.2. The van der Waals surface area contributed by atoms with Gasteiger partial charge in [0.15, 0.2) is 5.82 Å². The van der Waals surface area contributed by atoms with Crippen molar-refractivity contribution in [3.63, 3.8) is 0 Å². The molecule has 0 unspecified atom stereocenters. The molecule has 0 fully saturated rings. The predicted molar refractivity (Wildman–Crippen MR) is 90.6 cm³/mol. The standard InChI is InChI=1S/C15H11N5O3S/c21-13-7-6-12(20(22)23)8-11(13)9-16-19-14(17-18-15(19)24)10-4-2-1-3-5-10/h1-9,21H,(H,18,24)/b16-9+. The molecule has 8 nitrogen and oxygen atoms in total. The molecule has 24 heavy (non-hydrogen) atoms. The minimum Gasteiger partial charge on any atom is -0.507 e. The highest BCUT2D eigenvalue weighted by Gasteiger charge is 2.10. The van der Waals surface area contributed by atoms with Gasteiger partial charge >= 0.3 is 0 Å². The van der Waals surface area contributed by atoms with E-state index in [-0.39, 0.29) is 21.8 Å². The van der Waals surface area contributed by atoms with Crippen LogP contribution in [0.5, 0.6) is 5.75 Å². The van der Waals surface area contributed by atoms with Crippen LogP contribution in [0.25, 0.3) is 11.4 Å². The maximum absolute atomic E-state index is 10.8. The molecule has 0 saturated carbocycles. The Morgan fingerprint density at radius 1 is 1.29 bits per heavy atom. The molecule has 0 aliphatic carbocycles. The summed E-state index contributed by atoms with van der Waals surface area (Å²) in [6, 6.07) is 13.0. The topological polar surface area (TPSA) is 109 Å². The molecule has 3 rings (SSSR count). The number of nitrogens with one attached hydrogen (secondary N) is 1. The van der Waals surface area contributed by atoms with Gasteiger partial charge in [0.2, 0.25) is 4.77 Å². The van der Waals surface area contributed by atoms with E-state index in [2.05, 4.69) is 15.3 Å². The highest BCUT2D eigenvalue weighted by atomic mass is 32.1. The molecule has 0 aliphatic heterocycles. The van der Waals surface area contributed by atoms with Gasteiger partial charge in [-0.2, -0.15) is 14.9 Å². The van der Waals surface area contributed by atoms with Crippen molar-refractivity contribution in [2.24, 2.45) is 5.10 Å². The fourth-order valence-electron chi connectivity index (χ4n) is 2.05. The van der Waals surface area contributed by atoms with E-state index < -0.39 is 4.92 Å². The van der Waals surface area contributed by atoms with E-state index in [1.807, 2.05) is 30.3 Å². The van der Waals surface area contributed by atoms with E-state index in [0.717, 1.165) is 5.56 Å². The third-order valence-electron chi connectivity index (χ3n) is 3.22. The summed E-state index contributed by atoms with van der Waals surface area (Å²) in [6.45, 7) is 0. The van der Waals surface area contributed by atoms with Gasteiger partial charge in [0.1, 0.15) is 5.75 Å². The number of benzene rings is 2. The number of rotatable bonds is 4. The number of aromatic hydroxyl groups is 1. The second kappa shape index (κ2) is 6.42. The molecule has 120 valence electrons. The van der Waals surface area contributed by atoms with Gasteiger partial charge in [-0.15, -0.1) is 0 Å². The van der Waals surface area contributed by atoms with Crippen LogP contribution in [0.15, 0.2) is 53.6 Å². The van der Waals surface area contributed by atoms with Gasteiger partial charge in [-0.25, -0.2) is 5.10 Å². The van der Waals surface area contributed by atoms with Crippen LogP contribution in [0.2, 0.25) is 0 Å². The number of nitro benzene ring substituents is 1. The van der Waals surface area contributed by atoms with Crippen LogP contribution in [0.1, 0.15) is 5.56 Å². The van der Waals surface area contributed by atoms with Crippen molar-refractivity contribution in [1.82, 2.24) is 14.9 Å². The SMILES string of the molecule is O=[N+]([O-])c1ccc(O)c(/C=N/n2c(-c3ccccc3)n[nH]c2=S)c1. The third-order valence-corrected chi connectivity index (χ3v) is 3.48. The molecule has 0 amide bonds. The van der Waals surface area contributed by atoms with Gasteiger partial charge in [0.25, 0.3) is 5.69 Å². The summed E-state index contributed by atoms with van der Waals surface area (Å²) in [4.78, 5) is 10.3. The summed E-state index contributed by atoms with van der Waals surface area (Å²) >= 11 is 5.15. The van der Waals surface area contributed by atoms with Crippen molar-refractivity contribution in [3.05, 3.63) is 69.0 Å². The number of phenolic OH excluding ortho intramolecular Hbond substituents is 1. The summed E-state index contributed by atoms with van der Waals surface area (Å²) in [5.74, 6) is 0.363. The van der Waals surface area contributed by atoms with E-state index in [1.165, 1.54) is 29.1 Å². The number of nitro groups is 1. The maximum atomic E-state index is 10.8. The smallest absolute Gasteiger partial charge is 0.270 e. The first kappa shape index (κ1) is 15.6. The molecule has 3 aromatic rings. The number of aromatic amines is 1. The van der Waals surface area contributed by atoms with Crippen LogP contribution < -0.4 is 0 Å². The monoisotopic (exact) mass is 341 g/mol. The average molecular weight is 341 g/mol. The highest BCUT2D eigenvalue weighted by Crippen LogP contribution is 2.22. The summed E-state index contributed by atoms with van der Waals surface area (Å²) in [6.07, 6.45) is 1.29. The molecule has 0 radical (unpaired) electrons. The zero-order valence-corrected chi connectivity index (χ0v) is 13.0. The third kappa shape index (κ3) is 3.06. The summed E-state index contributed by atoms with van der Waals surface area (Å²) in [5.41, 5.74) is 0.852. The summed E-state index contributed by atoms with van der Waals surface area (Å²) in [5, 5.41) is 31.6. The van der Waals surface area contributed by atoms with Gasteiger partial charge in [-0.3, -0.25) is 10.1 Å². The minimum atomic E-state index is -0.546. The van der Waals surface area contributed by atoms with Crippen molar-refractivity contribution < 1.29 is 10.0 Å². The predicted octanol–water partition coefficient (Wildman–Crippen LogP) is 3.10. The lowest BCUT2D eigenvalue weighted by Gasteiger charge is -2.01. The second-order valence-corrected chi connectivity index (χ2v) is 5.16. The molecule has 0 bridgehead atoms. The highest BCUT2D eigenvalue weighted by molar-refractivity contribution is 7.71. The molecule has 2 N–H and O–H groups in total. The van der Waals surface area contributed by atoms with Gasteiger partial charge in [-0.05, 0) is 18.3 Å². The molecule has 1 aromatic heterocycles. The van der Waals surface area contributed by atoms with E-state index in [0.29, 0.717) is 5.82 Å². The van der Waals surface area contributed by atoms with Crippen LogP contribution in [-0.4, -0.2) is 31.1 Å². The number of hydrogen-bond acceptors (Lipinski definition) is 6.